The van der Waals surface area contributed by atoms with Crippen molar-refractivity contribution in [2.24, 2.45) is 0 Å². The van der Waals surface area contributed by atoms with Gasteiger partial charge in [0.2, 0.25) is 11.0 Å². The standard InChI is InChI=1S/C21H16N4O3S2/c1-2-9-22-20-24-25-21(30-20)29-11-17(26)23-12-7-8-15-16(10-12)19(28)14-6-4-3-5-13(14)18(15)27/h2-8,10H,1,9,11H2,(H,22,24)(H,23,26). The van der Waals surface area contributed by atoms with Crippen molar-refractivity contribution in [2.45, 2.75) is 4.34 Å². The largest absolute Gasteiger partial charge is 0.357 e. The van der Waals surface area contributed by atoms with Gasteiger partial charge in [-0.25, -0.2) is 0 Å². The predicted octanol–water partition coefficient (Wildman–Crippen LogP) is 3.64. The molecule has 7 nitrogen and oxygen atoms in total. The highest BCUT2D eigenvalue weighted by atomic mass is 32.2. The van der Waals surface area contributed by atoms with E-state index in [2.05, 4.69) is 27.4 Å². The van der Waals surface area contributed by atoms with E-state index < -0.39 is 0 Å². The third-order valence-electron chi connectivity index (χ3n) is 4.34. The SMILES string of the molecule is C=CCNc1nnc(SCC(=O)Nc2ccc3c(c2)C(=O)c2ccccc2C3=O)s1. The smallest absolute Gasteiger partial charge is 0.234 e. The molecule has 2 aromatic carbocycles. The highest BCUT2D eigenvalue weighted by Gasteiger charge is 2.29. The highest BCUT2D eigenvalue weighted by molar-refractivity contribution is 8.01. The molecule has 0 unspecified atom stereocenters. The number of hydrogen-bond acceptors (Lipinski definition) is 8. The van der Waals surface area contributed by atoms with Gasteiger partial charge < -0.3 is 10.6 Å². The summed E-state index contributed by atoms with van der Waals surface area (Å²) in [6.45, 7) is 4.21. The van der Waals surface area contributed by atoms with Crippen LogP contribution in [0.5, 0.6) is 0 Å². The van der Waals surface area contributed by atoms with Crippen molar-refractivity contribution in [3.63, 3.8) is 0 Å². The molecule has 9 heteroatoms. The van der Waals surface area contributed by atoms with Crippen LogP contribution in [0.2, 0.25) is 0 Å². The highest BCUT2D eigenvalue weighted by Crippen LogP contribution is 2.29. The molecule has 0 bridgehead atoms. The van der Waals surface area contributed by atoms with E-state index in [4.69, 9.17) is 0 Å². The molecule has 4 rings (SSSR count). The van der Waals surface area contributed by atoms with E-state index in [0.717, 1.165) is 0 Å². The van der Waals surface area contributed by atoms with Gasteiger partial charge in [0.25, 0.3) is 0 Å². The van der Waals surface area contributed by atoms with Gasteiger partial charge in [-0.1, -0.05) is 53.4 Å². The topological polar surface area (TPSA) is 101 Å². The van der Waals surface area contributed by atoms with Gasteiger partial charge in [0.15, 0.2) is 15.9 Å². The third-order valence-corrected chi connectivity index (χ3v) is 6.35. The number of nitrogens with zero attached hydrogens (tertiary/aromatic N) is 2. The first-order chi connectivity index (χ1) is 14.6. The first-order valence-corrected chi connectivity index (χ1v) is 10.8. The number of carbonyl (C=O) groups excluding carboxylic acids is 3. The van der Waals surface area contributed by atoms with Crippen LogP contribution in [-0.2, 0) is 4.79 Å². The van der Waals surface area contributed by atoms with Crippen LogP contribution >= 0.6 is 23.1 Å². The van der Waals surface area contributed by atoms with Crippen LogP contribution in [0.1, 0.15) is 31.8 Å². The zero-order valence-corrected chi connectivity index (χ0v) is 17.3. The summed E-state index contributed by atoms with van der Waals surface area (Å²) in [5.74, 6) is -0.515. The van der Waals surface area contributed by atoms with E-state index in [1.54, 1.807) is 48.5 Å². The summed E-state index contributed by atoms with van der Waals surface area (Å²) in [5.41, 5.74) is 1.89. The molecular weight excluding hydrogens is 420 g/mol. The van der Waals surface area contributed by atoms with Crippen molar-refractivity contribution >= 4 is 51.4 Å². The van der Waals surface area contributed by atoms with Gasteiger partial charge in [0, 0.05) is 34.5 Å². The first kappa shape index (κ1) is 20.0. The summed E-state index contributed by atoms with van der Waals surface area (Å²) in [5, 5.41) is 14.5. The molecule has 0 radical (unpaired) electrons. The predicted molar refractivity (Wildman–Crippen MR) is 118 cm³/mol. The van der Waals surface area contributed by atoms with Crippen molar-refractivity contribution in [3.05, 3.63) is 77.4 Å². The normalized spacial score (nSPS) is 12.1. The summed E-state index contributed by atoms with van der Waals surface area (Å²) >= 11 is 2.62. The van der Waals surface area contributed by atoms with Crippen LogP contribution in [0, 0.1) is 0 Å². The molecule has 0 saturated carbocycles. The third kappa shape index (κ3) is 4.03. The van der Waals surface area contributed by atoms with Gasteiger partial charge in [-0.2, -0.15) is 0 Å². The average molecular weight is 437 g/mol. The molecule has 1 amide bonds. The quantitative estimate of drug-likeness (QED) is 0.337. The molecule has 1 aromatic heterocycles. The van der Waals surface area contributed by atoms with E-state index in [1.165, 1.54) is 23.1 Å². The van der Waals surface area contributed by atoms with E-state index in [9.17, 15) is 14.4 Å². The Labute approximate surface area is 180 Å². The number of anilines is 2. The fraction of sp³-hybridized carbons (Fsp3) is 0.0952. The molecule has 0 atom stereocenters. The molecular formula is C21H16N4O3S2. The molecule has 3 aromatic rings. The fourth-order valence-electron chi connectivity index (χ4n) is 3.00. The van der Waals surface area contributed by atoms with Crippen LogP contribution in [-0.4, -0.2) is 40.0 Å². The molecule has 1 aliphatic carbocycles. The Bertz CT molecular complexity index is 1170. The molecule has 0 spiro atoms. The Morgan fingerprint density at radius 3 is 2.47 bits per heavy atom. The molecule has 0 saturated heterocycles. The Morgan fingerprint density at radius 2 is 1.73 bits per heavy atom. The first-order valence-electron chi connectivity index (χ1n) is 9.00. The maximum atomic E-state index is 12.8. The summed E-state index contributed by atoms with van der Waals surface area (Å²) in [7, 11) is 0. The Balaban J connectivity index is 1.43. The average Bonchev–Trinajstić information content (AvgIpc) is 3.22. The number of rotatable bonds is 7. The molecule has 0 aliphatic heterocycles. The minimum Gasteiger partial charge on any atom is -0.357 e. The maximum Gasteiger partial charge on any atom is 0.234 e. The lowest BCUT2D eigenvalue weighted by Crippen LogP contribution is -2.21. The number of amides is 1. The van der Waals surface area contributed by atoms with Gasteiger partial charge >= 0.3 is 0 Å². The van der Waals surface area contributed by atoms with Crippen molar-refractivity contribution in [2.75, 3.05) is 22.9 Å². The number of thioether (sulfide) groups is 1. The Kier molecular flexibility index (Phi) is 5.73. The van der Waals surface area contributed by atoms with Crippen LogP contribution in [0.15, 0.2) is 59.5 Å². The number of nitrogens with one attached hydrogen (secondary N) is 2. The molecule has 2 N–H and O–H groups in total. The monoisotopic (exact) mass is 436 g/mol. The van der Waals surface area contributed by atoms with Gasteiger partial charge in [-0.3, -0.25) is 14.4 Å². The summed E-state index contributed by atoms with van der Waals surface area (Å²) in [4.78, 5) is 37.8. The van der Waals surface area contributed by atoms with Crippen LogP contribution in [0.4, 0.5) is 10.8 Å². The second kappa shape index (κ2) is 8.60. The number of ketones is 2. The molecule has 150 valence electrons. The van der Waals surface area contributed by atoms with Crippen molar-refractivity contribution in [3.8, 4) is 0 Å². The molecule has 1 heterocycles. The molecule has 0 fully saturated rings. The van der Waals surface area contributed by atoms with Gasteiger partial charge in [0.05, 0.1) is 5.75 Å². The van der Waals surface area contributed by atoms with Crippen molar-refractivity contribution in [1.82, 2.24) is 10.2 Å². The lowest BCUT2D eigenvalue weighted by molar-refractivity contribution is -0.113. The maximum absolute atomic E-state index is 12.8. The van der Waals surface area contributed by atoms with E-state index in [-0.39, 0.29) is 23.2 Å². The number of benzene rings is 2. The summed E-state index contributed by atoms with van der Waals surface area (Å²) in [6.07, 6.45) is 1.72. The zero-order chi connectivity index (χ0) is 21.1. The molecule has 30 heavy (non-hydrogen) atoms. The zero-order valence-electron chi connectivity index (χ0n) is 15.7. The van der Waals surface area contributed by atoms with Gasteiger partial charge in [-0.05, 0) is 18.2 Å². The van der Waals surface area contributed by atoms with E-state index in [0.29, 0.717) is 44.0 Å². The van der Waals surface area contributed by atoms with E-state index >= 15 is 0 Å². The van der Waals surface area contributed by atoms with Crippen LogP contribution < -0.4 is 10.6 Å². The second-order valence-corrected chi connectivity index (χ2v) is 8.54. The summed E-state index contributed by atoms with van der Waals surface area (Å²) in [6, 6.07) is 11.5. The minimum absolute atomic E-state index is 0.142. The van der Waals surface area contributed by atoms with Crippen LogP contribution in [0.25, 0.3) is 0 Å². The number of aromatic nitrogens is 2. The lowest BCUT2D eigenvalue weighted by atomic mass is 9.84. The molecule has 1 aliphatic rings. The Morgan fingerprint density at radius 1 is 1.03 bits per heavy atom. The second-order valence-electron chi connectivity index (χ2n) is 6.34. The van der Waals surface area contributed by atoms with Gasteiger partial charge in [0.1, 0.15) is 0 Å². The van der Waals surface area contributed by atoms with Crippen LogP contribution in [0.3, 0.4) is 0 Å². The summed E-state index contributed by atoms with van der Waals surface area (Å²) < 4.78 is 0.666. The fourth-order valence-corrected chi connectivity index (χ4v) is 4.56. The van der Waals surface area contributed by atoms with Crippen molar-refractivity contribution in [1.29, 1.82) is 0 Å². The number of carbonyl (C=O) groups is 3. The number of fused-ring (bicyclic) bond motifs is 2. The van der Waals surface area contributed by atoms with Crippen molar-refractivity contribution < 1.29 is 14.4 Å². The van der Waals surface area contributed by atoms with E-state index in [1.807, 2.05) is 0 Å². The Hall–Kier alpha value is -3.30. The lowest BCUT2D eigenvalue weighted by Gasteiger charge is -2.18. The minimum atomic E-state index is -0.245. The number of hydrogen-bond donors (Lipinski definition) is 2. The van der Waals surface area contributed by atoms with Gasteiger partial charge in [-0.15, -0.1) is 16.8 Å².